The Kier molecular flexibility index (Phi) is 7.41. The van der Waals surface area contributed by atoms with Gasteiger partial charge >= 0.3 is 12.1 Å². The van der Waals surface area contributed by atoms with Crippen molar-refractivity contribution in [3.8, 4) is 0 Å². The summed E-state index contributed by atoms with van der Waals surface area (Å²) in [5.74, 6) is -5.14. The molecule has 0 aromatic heterocycles. The fraction of sp³-hybridized carbons (Fsp3) is 0.714. The summed E-state index contributed by atoms with van der Waals surface area (Å²) in [5, 5.41) is 9.92. The SMILES string of the molecule is [CH-]=C(OCC)C1(C)CCC(C(O)(C(=O)OC)C(F)(F)F)C1=O.[U]. The van der Waals surface area contributed by atoms with Crippen molar-refractivity contribution in [1.29, 1.82) is 0 Å². The van der Waals surface area contributed by atoms with Gasteiger partial charge in [-0.3, -0.25) is 4.79 Å². The monoisotopic (exact) mass is 561 g/mol. The maximum Gasteiger partial charge on any atom is 0.428 e. The Hall–Kier alpha value is -0.518. The van der Waals surface area contributed by atoms with Crippen molar-refractivity contribution in [2.24, 2.45) is 11.3 Å². The van der Waals surface area contributed by atoms with E-state index in [1.54, 1.807) is 6.92 Å². The molecule has 0 spiro atoms. The van der Waals surface area contributed by atoms with Crippen molar-refractivity contribution < 1.29 is 68.5 Å². The van der Waals surface area contributed by atoms with Gasteiger partial charge in [-0.05, 0) is 26.7 Å². The van der Waals surface area contributed by atoms with Gasteiger partial charge in [0.05, 0.1) is 19.6 Å². The fourth-order valence-corrected chi connectivity index (χ4v) is 2.64. The van der Waals surface area contributed by atoms with Gasteiger partial charge in [0.25, 0.3) is 5.60 Å². The fourth-order valence-electron chi connectivity index (χ4n) is 2.64. The molecule has 0 saturated heterocycles. The van der Waals surface area contributed by atoms with Crippen LogP contribution in [0.25, 0.3) is 0 Å². The third kappa shape index (κ3) is 3.62. The molecule has 9 heteroatoms. The summed E-state index contributed by atoms with van der Waals surface area (Å²) < 4.78 is 48.7. The molecular weight excluding hydrogens is 543 g/mol. The number of methoxy groups -OCH3 is 1. The van der Waals surface area contributed by atoms with Crippen LogP contribution in [0.2, 0.25) is 0 Å². The number of ether oxygens (including phenoxy) is 2. The van der Waals surface area contributed by atoms with Gasteiger partial charge in [-0.25, -0.2) is 4.79 Å². The first-order chi connectivity index (χ1) is 9.96. The van der Waals surface area contributed by atoms with Crippen LogP contribution in [0.15, 0.2) is 5.76 Å². The van der Waals surface area contributed by atoms with Crippen LogP contribution in [0.3, 0.4) is 0 Å². The predicted octanol–water partition coefficient (Wildman–Crippen LogP) is 1.79. The third-order valence-electron chi connectivity index (χ3n) is 4.07. The number of aliphatic hydroxyl groups is 1. The zero-order valence-electron chi connectivity index (χ0n) is 13.0. The number of carbonyl (C=O) groups is 2. The van der Waals surface area contributed by atoms with E-state index in [9.17, 15) is 27.9 Å². The van der Waals surface area contributed by atoms with Gasteiger partial charge in [0.1, 0.15) is 5.78 Å². The molecule has 0 bridgehead atoms. The number of rotatable bonds is 5. The van der Waals surface area contributed by atoms with Crippen LogP contribution in [-0.2, 0) is 19.1 Å². The van der Waals surface area contributed by atoms with Gasteiger partial charge in [0.15, 0.2) is 0 Å². The number of Topliss-reactive ketones (excluding diaryl/α,β-unsaturated/α-hetero) is 1. The maximum absolute atomic E-state index is 13.2. The second kappa shape index (κ2) is 7.58. The molecule has 0 radical (unpaired) electrons. The van der Waals surface area contributed by atoms with E-state index in [1.165, 1.54) is 6.92 Å². The molecule has 0 aromatic carbocycles. The van der Waals surface area contributed by atoms with E-state index in [-0.39, 0.29) is 56.3 Å². The average Bonchev–Trinajstić information content (AvgIpc) is 2.74. The Labute approximate surface area is 156 Å². The normalized spacial score (nSPS) is 26.9. The van der Waals surface area contributed by atoms with Gasteiger partial charge in [-0.15, -0.1) is 0 Å². The molecule has 0 heterocycles. The Morgan fingerprint density at radius 3 is 2.39 bits per heavy atom. The van der Waals surface area contributed by atoms with Crippen molar-refractivity contribution in [3.05, 3.63) is 12.3 Å². The first-order valence-electron chi connectivity index (χ1n) is 6.64. The second-order valence-corrected chi connectivity index (χ2v) is 5.34. The van der Waals surface area contributed by atoms with Gasteiger partial charge in [0.2, 0.25) is 0 Å². The molecule has 3 unspecified atom stereocenters. The number of hydrogen-bond donors (Lipinski definition) is 1. The van der Waals surface area contributed by atoms with E-state index in [0.717, 1.165) is 0 Å². The summed E-state index contributed by atoms with van der Waals surface area (Å²) in [6.07, 6.45) is -5.79. The number of halogens is 3. The van der Waals surface area contributed by atoms with E-state index >= 15 is 0 Å². The van der Waals surface area contributed by atoms with Gasteiger partial charge in [-0.2, -0.15) is 13.2 Å². The molecule has 1 aliphatic carbocycles. The van der Waals surface area contributed by atoms with Crippen molar-refractivity contribution in [2.45, 2.75) is 38.5 Å². The van der Waals surface area contributed by atoms with E-state index in [2.05, 4.69) is 4.74 Å². The molecule has 1 saturated carbocycles. The molecule has 0 aliphatic heterocycles. The van der Waals surface area contributed by atoms with Gasteiger partial charge in [0, 0.05) is 36.5 Å². The number of hydrogen-bond acceptors (Lipinski definition) is 5. The molecule has 130 valence electrons. The van der Waals surface area contributed by atoms with E-state index in [1.807, 2.05) is 0 Å². The number of esters is 1. The molecule has 1 aliphatic rings. The molecule has 1 N–H and O–H groups in total. The van der Waals surface area contributed by atoms with E-state index in [0.29, 0.717) is 7.11 Å². The van der Waals surface area contributed by atoms with Crippen LogP contribution in [0.4, 0.5) is 13.2 Å². The summed E-state index contributed by atoms with van der Waals surface area (Å²) in [7, 11) is 0.707. The minimum Gasteiger partial charge on any atom is -0.534 e. The van der Waals surface area contributed by atoms with Gasteiger partial charge < -0.3 is 21.2 Å². The van der Waals surface area contributed by atoms with Gasteiger partial charge in [-0.1, -0.05) is 5.76 Å². The molecule has 23 heavy (non-hydrogen) atoms. The zero-order valence-corrected chi connectivity index (χ0v) is 17.2. The molecule has 5 nitrogen and oxygen atoms in total. The van der Waals surface area contributed by atoms with Crippen LogP contribution in [0.5, 0.6) is 0 Å². The molecule has 3 atom stereocenters. The Morgan fingerprint density at radius 1 is 1.48 bits per heavy atom. The first-order valence-corrected chi connectivity index (χ1v) is 6.64. The van der Waals surface area contributed by atoms with Crippen LogP contribution in [-0.4, -0.2) is 42.4 Å². The summed E-state index contributed by atoms with van der Waals surface area (Å²) in [5.41, 5.74) is -5.39. The van der Waals surface area contributed by atoms with Crippen LogP contribution >= 0.6 is 0 Å². The van der Waals surface area contributed by atoms with Crippen LogP contribution < -0.4 is 0 Å². The molecule has 0 amide bonds. The van der Waals surface area contributed by atoms with E-state index < -0.39 is 34.9 Å². The molecule has 1 fully saturated rings. The summed E-state index contributed by atoms with van der Waals surface area (Å²) in [4.78, 5) is 23.9. The number of alkyl halides is 3. The standard InChI is InChI=1S/C14H18F3O5.U/c1-5-22-8(2)12(3)7-6-9(10(12)18)13(20,11(19)21-4)14(15,16)17;/h2,9,20H,5-7H2,1,3-4H3;/q-1;. The predicted molar refractivity (Wildman–Crippen MR) is 68.3 cm³/mol. The summed E-state index contributed by atoms with van der Waals surface area (Å²) in [6.45, 7) is 8.70. The first kappa shape index (κ1) is 22.5. The largest absolute Gasteiger partial charge is 0.534 e. The molecule has 1 rings (SSSR count). The Bertz CT molecular complexity index is 493. The Balaban J connectivity index is 0.00000484. The summed E-state index contributed by atoms with van der Waals surface area (Å²) >= 11 is 0. The van der Waals surface area contributed by atoms with E-state index in [4.69, 9.17) is 11.3 Å². The number of carbonyl (C=O) groups excluding carboxylic acids is 2. The molecule has 0 aromatic rings. The second-order valence-electron chi connectivity index (χ2n) is 5.34. The average molecular weight is 561 g/mol. The topological polar surface area (TPSA) is 72.8 Å². The van der Waals surface area contributed by atoms with Crippen molar-refractivity contribution in [2.75, 3.05) is 13.7 Å². The third-order valence-corrected chi connectivity index (χ3v) is 4.07. The zero-order chi connectivity index (χ0) is 17.3. The summed E-state index contributed by atoms with van der Waals surface area (Å²) in [6, 6.07) is 0. The van der Waals surface area contributed by atoms with Crippen molar-refractivity contribution in [1.82, 2.24) is 0 Å². The smallest absolute Gasteiger partial charge is 0.428 e. The maximum atomic E-state index is 13.2. The minimum atomic E-state index is -5.36. The van der Waals surface area contributed by atoms with Crippen LogP contribution in [0.1, 0.15) is 26.7 Å². The van der Waals surface area contributed by atoms with Crippen molar-refractivity contribution >= 4 is 11.8 Å². The number of ketones is 1. The molecular formula is C14H18F3O5U-. The van der Waals surface area contributed by atoms with Crippen LogP contribution in [0, 0.1) is 49.0 Å². The number of allylic oxidation sites excluding steroid dienone is 1. The van der Waals surface area contributed by atoms with Crippen molar-refractivity contribution in [3.63, 3.8) is 0 Å². The Morgan fingerprint density at radius 2 is 2.00 bits per heavy atom. The minimum absolute atomic E-state index is 0. The quantitative estimate of drug-likeness (QED) is 0.315.